The molecule has 0 aromatic carbocycles. The molecule has 4 nitrogen and oxygen atoms in total. The number of likely N-dealkylation sites (tertiary alicyclic amines) is 1. The van der Waals surface area contributed by atoms with Gasteiger partial charge in [-0.2, -0.15) is 0 Å². The van der Waals surface area contributed by atoms with Gasteiger partial charge in [0.05, 0.1) is 19.1 Å². The van der Waals surface area contributed by atoms with Crippen LogP contribution in [-0.2, 0) is 4.79 Å². The lowest BCUT2D eigenvalue weighted by atomic mass is 9.88. The lowest BCUT2D eigenvalue weighted by Gasteiger charge is -2.47. The fraction of sp³-hybridized carbons (Fsp3) is 0.900. The van der Waals surface area contributed by atoms with Gasteiger partial charge in [0.2, 0.25) is 5.91 Å². The van der Waals surface area contributed by atoms with Crippen LogP contribution in [0.5, 0.6) is 0 Å². The molecule has 1 atom stereocenters. The van der Waals surface area contributed by atoms with Crippen LogP contribution in [0.25, 0.3) is 0 Å². The highest BCUT2D eigenvalue weighted by Crippen LogP contribution is 2.44. The van der Waals surface area contributed by atoms with Crippen molar-refractivity contribution in [2.75, 3.05) is 13.1 Å². The summed E-state index contributed by atoms with van der Waals surface area (Å²) in [7, 11) is 0. The van der Waals surface area contributed by atoms with Gasteiger partial charge in [-0.05, 0) is 25.2 Å². The lowest BCUT2D eigenvalue weighted by molar-refractivity contribution is -0.160. The van der Waals surface area contributed by atoms with E-state index < -0.39 is 11.6 Å². The van der Waals surface area contributed by atoms with Crippen LogP contribution in [-0.4, -0.2) is 40.6 Å². The van der Waals surface area contributed by atoms with Crippen molar-refractivity contribution in [2.24, 2.45) is 11.7 Å². The molecule has 1 aliphatic carbocycles. The number of rotatable bonds is 3. The first-order chi connectivity index (χ1) is 6.57. The van der Waals surface area contributed by atoms with E-state index in [4.69, 9.17) is 5.73 Å². The van der Waals surface area contributed by atoms with E-state index in [9.17, 15) is 9.90 Å². The van der Waals surface area contributed by atoms with Crippen LogP contribution in [0, 0.1) is 5.92 Å². The van der Waals surface area contributed by atoms with Gasteiger partial charge in [0.15, 0.2) is 0 Å². The van der Waals surface area contributed by atoms with E-state index in [1.807, 2.05) is 6.92 Å². The molecular formula is C10H18N2O2. The van der Waals surface area contributed by atoms with Crippen molar-refractivity contribution in [1.82, 2.24) is 4.90 Å². The third-order valence-electron chi connectivity index (χ3n) is 3.34. The van der Waals surface area contributed by atoms with Gasteiger partial charge in [-0.15, -0.1) is 0 Å². The first kappa shape index (κ1) is 9.93. The summed E-state index contributed by atoms with van der Waals surface area (Å²) in [6, 6.07) is -0.390. The van der Waals surface area contributed by atoms with Crippen molar-refractivity contribution in [3.8, 4) is 0 Å². The molecule has 0 spiro atoms. The highest BCUT2D eigenvalue weighted by Gasteiger charge is 2.53. The number of nitrogens with zero attached hydrogens (tertiary/aromatic N) is 1. The van der Waals surface area contributed by atoms with Crippen LogP contribution >= 0.6 is 0 Å². The normalized spacial score (nSPS) is 26.9. The van der Waals surface area contributed by atoms with Gasteiger partial charge in [-0.25, -0.2) is 0 Å². The topological polar surface area (TPSA) is 66.6 Å². The molecule has 3 N–H and O–H groups in total. The Balaban J connectivity index is 1.84. The molecule has 2 rings (SSSR count). The zero-order valence-electron chi connectivity index (χ0n) is 8.57. The van der Waals surface area contributed by atoms with E-state index in [0.717, 1.165) is 12.8 Å². The molecule has 2 aliphatic rings. The van der Waals surface area contributed by atoms with Crippen LogP contribution in [0.2, 0.25) is 0 Å². The van der Waals surface area contributed by atoms with Gasteiger partial charge in [0.25, 0.3) is 0 Å². The van der Waals surface area contributed by atoms with Crippen molar-refractivity contribution in [3.63, 3.8) is 0 Å². The Bertz CT molecular complexity index is 245. The maximum absolute atomic E-state index is 11.6. The van der Waals surface area contributed by atoms with Crippen molar-refractivity contribution in [2.45, 2.75) is 37.8 Å². The second-order valence-electron chi connectivity index (χ2n) is 4.59. The number of aliphatic hydroxyl groups is 1. The number of amides is 1. The summed E-state index contributed by atoms with van der Waals surface area (Å²) in [5.41, 5.74) is 5.05. The molecule has 1 saturated heterocycles. The SMILES string of the molecule is CC[C@@H](N)C(=O)N1CC(O)(C2CC2)C1. The molecule has 0 radical (unpaired) electrons. The average molecular weight is 198 g/mol. The molecule has 1 heterocycles. The number of carbonyl (C=O) groups is 1. The molecule has 14 heavy (non-hydrogen) atoms. The first-order valence-corrected chi connectivity index (χ1v) is 5.33. The number of β-amino-alcohol motifs (C(OH)–C–C–N with tert-alkyl or cyclic N) is 1. The Kier molecular flexibility index (Phi) is 2.27. The largest absolute Gasteiger partial charge is 0.386 e. The maximum Gasteiger partial charge on any atom is 0.239 e. The number of nitrogens with two attached hydrogens (primary N) is 1. The Morgan fingerprint density at radius 3 is 2.64 bits per heavy atom. The molecule has 4 heteroatoms. The fourth-order valence-electron chi connectivity index (χ4n) is 2.06. The summed E-state index contributed by atoms with van der Waals surface area (Å²) < 4.78 is 0. The van der Waals surface area contributed by atoms with Gasteiger partial charge < -0.3 is 15.7 Å². The summed E-state index contributed by atoms with van der Waals surface area (Å²) in [6.07, 6.45) is 2.88. The Morgan fingerprint density at radius 1 is 1.64 bits per heavy atom. The van der Waals surface area contributed by atoms with Gasteiger partial charge in [0, 0.05) is 0 Å². The van der Waals surface area contributed by atoms with E-state index in [1.54, 1.807) is 4.90 Å². The predicted molar refractivity (Wildman–Crippen MR) is 52.5 cm³/mol. The molecule has 0 unspecified atom stereocenters. The minimum atomic E-state index is -0.580. The number of hydrogen-bond acceptors (Lipinski definition) is 3. The minimum Gasteiger partial charge on any atom is -0.386 e. The van der Waals surface area contributed by atoms with Crippen LogP contribution < -0.4 is 5.73 Å². The number of hydrogen-bond donors (Lipinski definition) is 2. The van der Waals surface area contributed by atoms with Gasteiger partial charge >= 0.3 is 0 Å². The molecular weight excluding hydrogens is 180 g/mol. The van der Waals surface area contributed by atoms with Crippen LogP contribution in [0.3, 0.4) is 0 Å². The summed E-state index contributed by atoms with van der Waals surface area (Å²) in [6.45, 7) is 2.88. The van der Waals surface area contributed by atoms with Gasteiger partial charge in [-0.3, -0.25) is 4.79 Å². The monoisotopic (exact) mass is 198 g/mol. The molecule has 0 aromatic heterocycles. The molecule has 0 bridgehead atoms. The molecule has 1 saturated carbocycles. The lowest BCUT2D eigenvalue weighted by Crippen LogP contribution is -2.66. The zero-order chi connectivity index (χ0) is 10.3. The van der Waals surface area contributed by atoms with E-state index in [2.05, 4.69) is 0 Å². The Labute approximate surface area is 84.1 Å². The van der Waals surface area contributed by atoms with E-state index >= 15 is 0 Å². The van der Waals surface area contributed by atoms with Gasteiger partial charge in [0.1, 0.15) is 5.60 Å². The van der Waals surface area contributed by atoms with Crippen molar-refractivity contribution in [3.05, 3.63) is 0 Å². The molecule has 1 aliphatic heterocycles. The summed E-state index contributed by atoms with van der Waals surface area (Å²) in [5.74, 6) is 0.419. The molecule has 80 valence electrons. The van der Waals surface area contributed by atoms with E-state index in [1.165, 1.54) is 0 Å². The van der Waals surface area contributed by atoms with Crippen molar-refractivity contribution >= 4 is 5.91 Å². The highest BCUT2D eigenvalue weighted by molar-refractivity contribution is 5.82. The van der Waals surface area contributed by atoms with E-state index in [0.29, 0.717) is 25.4 Å². The van der Waals surface area contributed by atoms with Crippen molar-refractivity contribution < 1.29 is 9.90 Å². The molecule has 1 amide bonds. The summed E-state index contributed by atoms with van der Waals surface area (Å²) >= 11 is 0. The molecule has 0 aromatic rings. The third kappa shape index (κ3) is 1.53. The highest BCUT2D eigenvalue weighted by atomic mass is 16.3. The second-order valence-corrected chi connectivity index (χ2v) is 4.59. The minimum absolute atomic E-state index is 0.0159. The van der Waals surface area contributed by atoms with Crippen LogP contribution in [0.1, 0.15) is 26.2 Å². The predicted octanol–water partition coefficient (Wildman–Crippen LogP) is -0.293. The fourth-order valence-corrected chi connectivity index (χ4v) is 2.06. The summed E-state index contributed by atoms with van der Waals surface area (Å²) in [5, 5.41) is 9.99. The first-order valence-electron chi connectivity index (χ1n) is 5.33. The number of carbonyl (C=O) groups excluding carboxylic acids is 1. The average Bonchev–Trinajstić information content (AvgIpc) is 2.93. The Morgan fingerprint density at radius 2 is 2.21 bits per heavy atom. The molecule has 2 fully saturated rings. The smallest absolute Gasteiger partial charge is 0.239 e. The van der Waals surface area contributed by atoms with Crippen LogP contribution in [0.4, 0.5) is 0 Å². The van der Waals surface area contributed by atoms with Gasteiger partial charge in [-0.1, -0.05) is 6.92 Å². The quantitative estimate of drug-likeness (QED) is 0.654. The van der Waals surface area contributed by atoms with Crippen LogP contribution in [0.15, 0.2) is 0 Å². The third-order valence-corrected chi connectivity index (χ3v) is 3.34. The Hall–Kier alpha value is -0.610. The standard InChI is InChI=1S/C10H18N2O2/c1-2-8(11)9(13)12-5-10(14,6-12)7-3-4-7/h7-8,14H,2-6,11H2,1H3/t8-/m1/s1. The zero-order valence-corrected chi connectivity index (χ0v) is 8.57. The second kappa shape index (κ2) is 3.21. The maximum atomic E-state index is 11.6. The summed E-state index contributed by atoms with van der Waals surface area (Å²) in [4.78, 5) is 13.3. The van der Waals surface area contributed by atoms with Crippen molar-refractivity contribution in [1.29, 1.82) is 0 Å². The van der Waals surface area contributed by atoms with E-state index in [-0.39, 0.29) is 5.91 Å².